The normalized spacial score (nSPS) is 12.6. The Morgan fingerprint density at radius 1 is 0.727 bits per heavy atom. The van der Waals surface area contributed by atoms with Crippen LogP contribution in [0.1, 0.15) is 96.6 Å². The first-order chi connectivity index (χ1) is 15.0. The molecule has 182 valence electrons. The van der Waals surface area contributed by atoms with Gasteiger partial charge in [0.2, 0.25) is 5.91 Å². The van der Waals surface area contributed by atoms with E-state index < -0.39 is 0 Å². The first kappa shape index (κ1) is 26.8. The number of hydrogen-bond acceptors (Lipinski definition) is 3. The second-order valence-electron chi connectivity index (χ2n) is 12.2. The second kappa shape index (κ2) is 9.79. The fourth-order valence-electron chi connectivity index (χ4n) is 4.01. The van der Waals surface area contributed by atoms with E-state index in [0.29, 0.717) is 30.9 Å². The van der Waals surface area contributed by atoms with Crippen LogP contribution < -0.4 is 5.32 Å². The number of phenolic OH excluding ortho intramolecular Hbond substituents is 2. The average molecular weight is 454 g/mol. The van der Waals surface area contributed by atoms with E-state index in [4.69, 9.17) is 0 Å². The van der Waals surface area contributed by atoms with E-state index in [9.17, 15) is 15.0 Å². The highest BCUT2D eigenvalue weighted by atomic mass is 16.3. The first-order valence-corrected chi connectivity index (χ1v) is 12.0. The molecular weight excluding hydrogens is 410 g/mol. The summed E-state index contributed by atoms with van der Waals surface area (Å²) in [5.74, 6) is 0.702. The summed E-state index contributed by atoms with van der Waals surface area (Å²) in [6.45, 7) is 19.4. The Kier molecular flexibility index (Phi) is 7.94. The first-order valence-electron chi connectivity index (χ1n) is 12.0. The molecule has 0 saturated heterocycles. The summed E-state index contributed by atoms with van der Waals surface area (Å²) >= 11 is 0. The highest BCUT2D eigenvalue weighted by Gasteiger charge is 2.26. The van der Waals surface area contributed by atoms with Gasteiger partial charge in [0.25, 0.3) is 0 Å². The van der Waals surface area contributed by atoms with Gasteiger partial charge in [-0.15, -0.1) is 0 Å². The lowest BCUT2D eigenvalue weighted by atomic mass is 9.78. The van der Waals surface area contributed by atoms with Crippen molar-refractivity contribution in [1.82, 2.24) is 5.32 Å². The van der Waals surface area contributed by atoms with Crippen molar-refractivity contribution in [1.29, 1.82) is 0 Å². The van der Waals surface area contributed by atoms with Crippen LogP contribution in [0.25, 0.3) is 0 Å². The maximum atomic E-state index is 12.5. The van der Waals surface area contributed by atoms with Crippen LogP contribution in [0.4, 0.5) is 0 Å². The zero-order valence-electron chi connectivity index (χ0n) is 22.0. The van der Waals surface area contributed by atoms with Crippen molar-refractivity contribution in [3.05, 3.63) is 58.1 Å². The van der Waals surface area contributed by atoms with Crippen molar-refractivity contribution in [3.8, 4) is 11.5 Å². The molecule has 33 heavy (non-hydrogen) atoms. The molecule has 0 aromatic heterocycles. The van der Waals surface area contributed by atoms with Crippen LogP contribution in [0, 0.1) is 0 Å². The zero-order chi connectivity index (χ0) is 25.2. The summed E-state index contributed by atoms with van der Waals surface area (Å²) in [6, 6.07) is 9.77. The molecule has 2 aromatic rings. The van der Waals surface area contributed by atoms with Gasteiger partial charge in [0, 0.05) is 13.0 Å². The molecule has 0 saturated carbocycles. The molecule has 0 heterocycles. The van der Waals surface area contributed by atoms with E-state index in [-0.39, 0.29) is 22.2 Å². The maximum Gasteiger partial charge on any atom is 0.220 e. The van der Waals surface area contributed by atoms with E-state index >= 15 is 0 Å². The molecule has 3 N–H and O–H groups in total. The summed E-state index contributed by atoms with van der Waals surface area (Å²) in [6.07, 6.45) is 1.75. The molecular formula is C29H43NO3. The fraction of sp³-hybridized carbons (Fsp3) is 0.552. The third-order valence-electron chi connectivity index (χ3n) is 6.03. The van der Waals surface area contributed by atoms with Gasteiger partial charge in [0.1, 0.15) is 11.5 Å². The summed E-state index contributed by atoms with van der Waals surface area (Å²) in [4.78, 5) is 12.5. The molecule has 2 rings (SSSR count). The molecule has 0 bridgehead atoms. The average Bonchev–Trinajstić information content (AvgIpc) is 2.65. The van der Waals surface area contributed by atoms with Gasteiger partial charge in [-0.25, -0.2) is 0 Å². The standard InChI is InChI=1S/C29H43NO3/c1-27(2,3)21-16-19(10-12-24(21)31)14-15-30-25(32)13-11-20-17-22(28(4,5)6)26(33)23(18-20)29(7,8)9/h10,12,16-18,31,33H,11,13-15H2,1-9H3,(H,30,32). The Bertz CT molecular complexity index is 950. The molecule has 0 atom stereocenters. The Hall–Kier alpha value is -2.49. The van der Waals surface area contributed by atoms with Crippen LogP contribution in [0.2, 0.25) is 0 Å². The maximum absolute atomic E-state index is 12.5. The van der Waals surface area contributed by atoms with Gasteiger partial charge in [-0.2, -0.15) is 0 Å². The number of amides is 1. The summed E-state index contributed by atoms with van der Waals surface area (Å²) < 4.78 is 0. The number of aromatic hydroxyl groups is 2. The number of rotatable bonds is 6. The zero-order valence-corrected chi connectivity index (χ0v) is 22.0. The Morgan fingerprint density at radius 3 is 1.70 bits per heavy atom. The third kappa shape index (κ3) is 7.25. The molecule has 0 fully saturated rings. The van der Waals surface area contributed by atoms with Crippen LogP contribution in [0.5, 0.6) is 11.5 Å². The Morgan fingerprint density at radius 2 is 1.21 bits per heavy atom. The number of nitrogens with one attached hydrogen (secondary N) is 1. The van der Waals surface area contributed by atoms with E-state index in [1.807, 2.05) is 24.3 Å². The molecule has 2 aromatic carbocycles. The highest BCUT2D eigenvalue weighted by Crippen LogP contribution is 2.40. The van der Waals surface area contributed by atoms with Gasteiger partial charge < -0.3 is 15.5 Å². The monoisotopic (exact) mass is 453 g/mol. The number of carbonyl (C=O) groups excluding carboxylic acids is 1. The minimum absolute atomic E-state index is 0.0208. The van der Waals surface area contributed by atoms with Gasteiger partial charge in [-0.1, -0.05) is 86.6 Å². The third-order valence-corrected chi connectivity index (χ3v) is 6.03. The van der Waals surface area contributed by atoms with E-state index in [2.05, 4.69) is 67.6 Å². The SMILES string of the molecule is CC(C)(C)c1cc(CCNC(=O)CCc2cc(C(C)(C)C)c(O)c(C(C)(C)C)c2)ccc1O. The lowest BCUT2D eigenvalue weighted by molar-refractivity contribution is -0.121. The van der Waals surface area contributed by atoms with Crippen molar-refractivity contribution >= 4 is 5.91 Å². The largest absolute Gasteiger partial charge is 0.508 e. The molecule has 0 aliphatic heterocycles. The molecule has 0 radical (unpaired) electrons. The number of aryl methyl sites for hydroxylation is 1. The summed E-state index contributed by atoms with van der Waals surface area (Å²) in [5.41, 5.74) is 4.44. The molecule has 1 amide bonds. The quantitative estimate of drug-likeness (QED) is 0.482. The molecule has 4 heteroatoms. The minimum Gasteiger partial charge on any atom is -0.508 e. The van der Waals surface area contributed by atoms with Crippen LogP contribution in [-0.2, 0) is 33.9 Å². The minimum atomic E-state index is -0.182. The second-order valence-corrected chi connectivity index (χ2v) is 12.2. The van der Waals surface area contributed by atoms with Crippen molar-refractivity contribution < 1.29 is 15.0 Å². The molecule has 0 aliphatic rings. The molecule has 4 nitrogen and oxygen atoms in total. The van der Waals surface area contributed by atoms with Crippen molar-refractivity contribution in [2.45, 2.75) is 97.8 Å². The van der Waals surface area contributed by atoms with Crippen LogP contribution in [0.3, 0.4) is 0 Å². The van der Waals surface area contributed by atoms with Gasteiger partial charge >= 0.3 is 0 Å². The topological polar surface area (TPSA) is 69.6 Å². The smallest absolute Gasteiger partial charge is 0.220 e. The van der Waals surface area contributed by atoms with Gasteiger partial charge in [-0.3, -0.25) is 4.79 Å². The van der Waals surface area contributed by atoms with Gasteiger partial charge in [0.05, 0.1) is 0 Å². The van der Waals surface area contributed by atoms with E-state index in [1.165, 1.54) is 0 Å². The molecule has 0 unspecified atom stereocenters. The Labute approximate surface area is 200 Å². The molecule has 0 aliphatic carbocycles. The Balaban J connectivity index is 2.03. The van der Waals surface area contributed by atoms with Crippen LogP contribution >= 0.6 is 0 Å². The predicted molar refractivity (Wildman–Crippen MR) is 137 cm³/mol. The van der Waals surface area contributed by atoms with Crippen molar-refractivity contribution in [2.24, 2.45) is 0 Å². The molecule has 0 spiro atoms. The summed E-state index contributed by atoms with van der Waals surface area (Å²) in [5, 5.41) is 24.0. The van der Waals surface area contributed by atoms with E-state index in [1.54, 1.807) is 6.07 Å². The lowest BCUT2D eigenvalue weighted by Gasteiger charge is -2.28. The van der Waals surface area contributed by atoms with Gasteiger partial charge in [0.15, 0.2) is 0 Å². The fourth-order valence-corrected chi connectivity index (χ4v) is 4.01. The number of phenols is 2. The summed E-state index contributed by atoms with van der Waals surface area (Å²) in [7, 11) is 0. The van der Waals surface area contributed by atoms with Crippen LogP contribution in [0.15, 0.2) is 30.3 Å². The predicted octanol–water partition coefficient (Wildman–Crippen LogP) is 6.28. The number of benzene rings is 2. The highest BCUT2D eigenvalue weighted by molar-refractivity contribution is 5.76. The van der Waals surface area contributed by atoms with Crippen molar-refractivity contribution in [3.63, 3.8) is 0 Å². The van der Waals surface area contributed by atoms with E-state index in [0.717, 1.165) is 34.2 Å². The number of carbonyl (C=O) groups is 1. The van der Waals surface area contributed by atoms with Crippen LogP contribution in [-0.4, -0.2) is 22.7 Å². The van der Waals surface area contributed by atoms with Gasteiger partial charge in [-0.05, 0) is 63.0 Å². The number of hydrogen-bond donors (Lipinski definition) is 3. The lowest BCUT2D eigenvalue weighted by Crippen LogP contribution is -2.26. The van der Waals surface area contributed by atoms with Crippen molar-refractivity contribution in [2.75, 3.05) is 6.54 Å².